The van der Waals surface area contributed by atoms with E-state index in [2.05, 4.69) is 0 Å². The fourth-order valence-corrected chi connectivity index (χ4v) is 1.19. The maximum atomic E-state index is 10.8. The summed E-state index contributed by atoms with van der Waals surface area (Å²) in [5, 5.41) is 0. The Balaban J connectivity index is 2.46. The molecule has 0 spiro atoms. The van der Waals surface area contributed by atoms with Crippen molar-refractivity contribution in [1.29, 1.82) is 0 Å². The number of hydrogen-bond acceptors (Lipinski definition) is 3. The van der Waals surface area contributed by atoms with Crippen LogP contribution in [0.4, 0.5) is 4.79 Å². The van der Waals surface area contributed by atoms with Gasteiger partial charge in [0.1, 0.15) is 0 Å². The minimum absolute atomic E-state index is 0.0628. The number of nitrogens with zero attached hydrogens (tertiary/aromatic N) is 1. The van der Waals surface area contributed by atoms with Gasteiger partial charge in [-0.2, -0.15) is 0 Å². The predicted molar refractivity (Wildman–Crippen MR) is 44.5 cm³/mol. The molecule has 70 valence electrons. The summed E-state index contributed by atoms with van der Waals surface area (Å²) in [6.07, 6.45) is -0.0775. The third-order valence-electron chi connectivity index (χ3n) is 1.99. The number of amides is 2. The number of urea groups is 1. The molecule has 5 heteroatoms. The van der Waals surface area contributed by atoms with Crippen LogP contribution in [-0.4, -0.2) is 42.8 Å². The van der Waals surface area contributed by atoms with Crippen LogP contribution in [0.25, 0.3) is 0 Å². The fourth-order valence-electron chi connectivity index (χ4n) is 1.19. The largest absolute Gasteiger partial charge is 0.373 e. The number of nitrogens with two attached hydrogens (primary N) is 2. The van der Waals surface area contributed by atoms with Gasteiger partial charge in [0.25, 0.3) is 0 Å². The number of carbonyl (C=O) groups is 1. The highest BCUT2D eigenvalue weighted by Gasteiger charge is 2.24. The first-order valence-corrected chi connectivity index (χ1v) is 4.03. The van der Waals surface area contributed by atoms with Gasteiger partial charge >= 0.3 is 6.03 Å². The maximum absolute atomic E-state index is 10.8. The molecule has 0 bridgehead atoms. The molecule has 1 heterocycles. The Morgan fingerprint density at radius 2 is 2.42 bits per heavy atom. The molecule has 0 aromatic heterocycles. The number of ether oxygens (including phenoxy) is 1. The Bertz CT molecular complexity index is 172. The van der Waals surface area contributed by atoms with Gasteiger partial charge in [0.05, 0.1) is 19.3 Å². The predicted octanol–water partition coefficient (Wildman–Crippen LogP) is -0.887. The lowest BCUT2D eigenvalue weighted by atomic mass is 10.1. The fraction of sp³-hybridized carbons (Fsp3) is 0.857. The lowest BCUT2D eigenvalue weighted by Gasteiger charge is -2.33. The topological polar surface area (TPSA) is 81.6 Å². The molecule has 0 radical (unpaired) electrons. The third kappa shape index (κ3) is 2.09. The van der Waals surface area contributed by atoms with E-state index >= 15 is 0 Å². The number of rotatable bonds is 1. The zero-order valence-electron chi connectivity index (χ0n) is 7.19. The molecule has 4 N–H and O–H groups in total. The molecular weight excluding hydrogens is 158 g/mol. The van der Waals surface area contributed by atoms with Gasteiger partial charge in [-0.1, -0.05) is 0 Å². The lowest BCUT2D eigenvalue weighted by Crippen LogP contribution is -2.52. The van der Waals surface area contributed by atoms with Crippen molar-refractivity contribution in [3.05, 3.63) is 0 Å². The van der Waals surface area contributed by atoms with Gasteiger partial charge in [-0.05, 0) is 6.92 Å². The molecule has 0 saturated carbocycles. The van der Waals surface area contributed by atoms with Crippen molar-refractivity contribution < 1.29 is 9.53 Å². The average molecular weight is 173 g/mol. The lowest BCUT2D eigenvalue weighted by molar-refractivity contribution is -0.0226. The standard InChI is InChI=1S/C7H15N3O2/c1-5(8)6-4-10(7(9)11)2-3-12-6/h5-6H,2-4,8H2,1H3,(H2,9,11). The monoisotopic (exact) mass is 173 g/mol. The van der Waals surface area contributed by atoms with E-state index in [4.69, 9.17) is 16.2 Å². The van der Waals surface area contributed by atoms with Gasteiger partial charge in [-0.15, -0.1) is 0 Å². The molecule has 12 heavy (non-hydrogen) atoms. The summed E-state index contributed by atoms with van der Waals surface area (Å²) in [6, 6.07) is -0.462. The van der Waals surface area contributed by atoms with E-state index in [1.165, 1.54) is 0 Å². The zero-order chi connectivity index (χ0) is 9.14. The van der Waals surface area contributed by atoms with Crippen molar-refractivity contribution in [2.75, 3.05) is 19.7 Å². The normalized spacial score (nSPS) is 26.8. The van der Waals surface area contributed by atoms with Gasteiger partial charge in [0.15, 0.2) is 0 Å². The molecular formula is C7H15N3O2. The van der Waals surface area contributed by atoms with Crippen LogP contribution >= 0.6 is 0 Å². The van der Waals surface area contributed by atoms with Gasteiger partial charge in [-0.3, -0.25) is 0 Å². The van der Waals surface area contributed by atoms with Crippen molar-refractivity contribution in [2.45, 2.75) is 19.1 Å². The van der Waals surface area contributed by atoms with Crippen LogP contribution < -0.4 is 11.5 Å². The Labute approximate surface area is 71.6 Å². The van der Waals surface area contributed by atoms with E-state index in [0.29, 0.717) is 19.7 Å². The molecule has 2 unspecified atom stereocenters. The van der Waals surface area contributed by atoms with Gasteiger partial charge in [0.2, 0.25) is 0 Å². The van der Waals surface area contributed by atoms with E-state index in [-0.39, 0.29) is 12.1 Å². The molecule has 0 aliphatic carbocycles. The Morgan fingerprint density at radius 3 is 2.92 bits per heavy atom. The van der Waals surface area contributed by atoms with Crippen LogP contribution in [0.2, 0.25) is 0 Å². The summed E-state index contributed by atoms with van der Waals surface area (Å²) in [5.41, 5.74) is 10.7. The average Bonchev–Trinajstić information content (AvgIpc) is 2.04. The number of primary amides is 1. The van der Waals surface area contributed by atoms with Crippen molar-refractivity contribution in [3.8, 4) is 0 Å². The first kappa shape index (κ1) is 9.28. The quantitative estimate of drug-likeness (QED) is 0.540. The number of morpholine rings is 1. The van der Waals surface area contributed by atoms with Crippen LogP contribution in [0.3, 0.4) is 0 Å². The number of carbonyl (C=O) groups excluding carboxylic acids is 1. The molecule has 1 aliphatic heterocycles. The summed E-state index contributed by atoms with van der Waals surface area (Å²) >= 11 is 0. The van der Waals surface area contributed by atoms with E-state index < -0.39 is 6.03 Å². The van der Waals surface area contributed by atoms with Crippen molar-refractivity contribution in [1.82, 2.24) is 4.90 Å². The molecule has 5 nitrogen and oxygen atoms in total. The van der Waals surface area contributed by atoms with Crippen LogP contribution in [0.15, 0.2) is 0 Å². The minimum Gasteiger partial charge on any atom is -0.373 e. The maximum Gasteiger partial charge on any atom is 0.314 e. The smallest absolute Gasteiger partial charge is 0.314 e. The van der Waals surface area contributed by atoms with Crippen molar-refractivity contribution in [2.24, 2.45) is 11.5 Å². The van der Waals surface area contributed by atoms with Crippen molar-refractivity contribution in [3.63, 3.8) is 0 Å². The van der Waals surface area contributed by atoms with Crippen LogP contribution in [0.5, 0.6) is 0 Å². The van der Waals surface area contributed by atoms with Crippen molar-refractivity contribution >= 4 is 6.03 Å². The van der Waals surface area contributed by atoms with Crippen LogP contribution in [0.1, 0.15) is 6.92 Å². The van der Waals surface area contributed by atoms with Crippen LogP contribution in [0, 0.1) is 0 Å². The highest BCUT2D eigenvalue weighted by molar-refractivity contribution is 5.72. The van der Waals surface area contributed by atoms with Crippen LogP contribution in [-0.2, 0) is 4.74 Å². The molecule has 1 fully saturated rings. The summed E-state index contributed by atoms with van der Waals surface area (Å²) in [4.78, 5) is 12.3. The molecule has 1 aliphatic rings. The second-order valence-electron chi connectivity index (χ2n) is 3.05. The van der Waals surface area contributed by atoms with Gasteiger partial charge in [-0.25, -0.2) is 4.79 Å². The molecule has 0 aromatic rings. The minimum atomic E-state index is -0.399. The van der Waals surface area contributed by atoms with E-state index in [1.807, 2.05) is 6.92 Å². The Kier molecular flexibility index (Phi) is 2.88. The Morgan fingerprint density at radius 1 is 1.75 bits per heavy atom. The molecule has 2 amide bonds. The summed E-state index contributed by atoms with van der Waals surface area (Å²) in [5.74, 6) is 0. The first-order valence-electron chi connectivity index (χ1n) is 4.03. The first-order chi connectivity index (χ1) is 5.61. The molecule has 1 saturated heterocycles. The highest BCUT2D eigenvalue weighted by atomic mass is 16.5. The van der Waals surface area contributed by atoms with E-state index in [1.54, 1.807) is 4.90 Å². The SMILES string of the molecule is CC(N)C1CN(C(N)=O)CCO1. The summed E-state index contributed by atoms with van der Waals surface area (Å²) in [6.45, 7) is 3.45. The zero-order valence-corrected chi connectivity index (χ0v) is 7.19. The van der Waals surface area contributed by atoms with E-state index in [9.17, 15) is 4.79 Å². The second-order valence-corrected chi connectivity index (χ2v) is 3.05. The number of hydrogen-bond donors (Lipinski definition) is 2. The summed E-state index contributed by atoms with van der Waals surface area (Å²) in [7, 11) is 0. The highest BCUT2D eigenvalue weighted by Crippen LogP contribution is 2.06. The van der Waals surface area contributed by atoms with E-state index in [0.717, 1.165) is 0 Å². The second kappa shape index (κ2) is 3.73. The summed E-state index contributed by atoms with van der Waals surface area (Å²) < 4.78 is 5.35. The van der Waals surface area contributed by atoms with Gasteiger partial charge < -0.3 is 21.1 Å². The Hall–Kier alpha value is -0.810. The third-order valence-corrected chi connectivity index (χ3v) is 1.99. The molecule has 1 rings (SSSR count). The van der Waals surface area contributed by atoms with Gasteiger partial charge in [0, 0.05) is 12.6 Å². The molecule has 2 atom stereocenters. The molecule has 0 aromatic carbocycles.